The van der Waals surface area contributed by atoms with E-state index in [4.69, 9.17) is 9.15 Å². The van der Waals surface area contributed by atoms with Crippen LogP contribution >= 0.6 is 11.3 Å². The van der Waals surface area contributed by atoms with Crippen LogP contribution in [-0.2, 0) is 6.61 Å². The van der Waals surface area contributed by atoms with Crippen LogP contribution in [0.3, 0.4) is 0 Å². The third-order valence-corrected chi connectivity index (χ3v) is 5.17. The van der Waals surface area contributed by atoms with Crippen LogP contribution in [0, 0.1) is 0 Å². The zero-order valence-corrected chi connectivity index (χ0v) is 17.1. The van der Waals surface area contributed by atoms with E-state index in [1.54, 1.807) is 30.7 Å². The summed E-state index contributed by atoms with van der Waals surface area (Å²) >= 11 is 1.35. The van der Waals surface area contributed by atoms with Crippen LogP contribution < -0.4 is 10.1 Å². The first-order valence-electron chi connectivity index (χ1n) is 9.33. The molecule has 1 N–H and O–H groups in total. The van der Waals surface area contributed by atoms with E-state index in [2.05, 4.69) is 15.3 Å². The van der Waals surface area contributed by atoms with Gasteiger partial charge < -0.3 is 9.15 Å². The largest absolute Gasteiger partial charge is 0.488 e. The number of carbonyl (C=O) groups excluding carboxylic acids is 1. The summed E-state index contributed by atoms with van der Waals surface area (Å²) in [6, 6.07) is 15.0. The first kappa shape index (κ1) is 19.6. The fourth-order valence-electron chi connectivity index (χ4n) is 2.80. The van der Waals surface area contributed by atoms with Crippen LogP contribution in [0.15, 0.2) is 76.9 Å². The molecular formula is C23H19N3O3S. The summed E-state index contributed by atoms with van der Waals surface area (Å²) in [7, 11) is 0. The van der Waals surface area contributed by atoms with E-state index in [1.807, 2.05) is 54.8 Å². The molecule has 4 rings (SSSR count). The van der Waals surface area contributed by atoms with Gasteiger partial charge in [0.15, 0.2) is 5.76 Å². The highest BCUT2D eigenvalue weighted by Crippen LogP contribution is 2.23. The van der Waals surface area contributed by atoms with E-state index in [0.29, 0.717) is 22.9 Å². The Morgan fingerprint density at radius 2 is 2.13 bits per heavy atom. The molecule has 3 heterocycles. The zero-order chi connectivity index (χ0) is 20.8. The summed E-state index contributed by atoms with van der Waals surface area (Å²) in [5.74, 6) is 1.37. The van der Waals surface area contributed by atoms with Gasteiger partial charge in [-0.2, -0.15) is 0 Å². The van der Waals surface area contributed by atoms with Crippen molar-refractivity contribution in [3.63, 3.8) is 0 Å². The Kier molecular flexibility index (Phi) is 6.01. The first-order chi connectivity index (χ1) is 14.7. The highest BCUT2D eigenvalue weighted by molar-refractivity contribution is 7.12. The molecule has 0 spiro atoms. The molecule has 0 radical (unpaired) electrons. The number of hydrogen-bond acceptors (Lipinski definition) is 6. The highest BCUT2D eigenvalue weighted by Gasteiger charge is 2.13. The Balaban J connectivity index is 1.41. The second-order valence-corrected chi connectivity index (χ2v) is 7.25. The van der Waals surface area contributed by atoms with Gasteiger partial charge in [-0.3, -0.25) is 10.1 Å². The summed E-state index contributed by atoms with van der Waals surface area (Å²) in [4.78, 5) is 21.6. The van der Waals surface area contributed by atoms with Crippen molar-refractivity contribution in [3.05, 3.63) is 88.5 Å². The number of amides is 1. The van der Waals surface area contributed by atoms with Crippen LogP contribution in [0.25, 0.3) is 17.5 Å². The quantitative estimate of drug-likeness (QED) is 0.420. The van der Waals surface area contributed by atoms with E-state index in [-0.39, 0.29) is 11.9 Å². The molecule has 7 heteroatoms. The molecule has 1 aromatic carbocycles. The van der Waals surface area contributed by atoms with Crippen molar-refractivity contribution in [2.24, 2.45) is 0 Å². The van der Waals surface area contributed by atoms with Crippen molar-refractivity contribution < 1.29 is 13.9 Å². The second kappa shape index (κ2) is 9.19. The van der Waals surface area contributed by atoms with Gasteiger partial charge in [0.1, 0.15) is 18.1 Å². The molecule has 0 unspecified atom stereocenters. The number of carbonyl (C=O) groups is 1. The maximum atomic E-state index is 12.6. The second-order valence-electron chi connectivity index (χ2n) is 6.34. The molecule has 3 aromatic heterocycles. The van der Waals surface area contributed by atoms with Gasteiger partial charge in [-0.05, 0) is 42.6 Å². The number of nitrogens with zero attached hydrogens (tertiary/aromatic N) is 2. The van der Waals surface area contributed by atoms with Crippen molar-refractivity contribution in [2.75, 3.05) is 5.32 Å². The van der Waals surface area contributed by atoms with Crippen molar-refractivity contribution in [1.82, 2.24) is 9.97 Å². The van der Waals surface area contributed by atoms with Gasteiger partial charge in [0.05, 0.1) is 11.1 Å². The Bertz CT molecular complexity index is 1170. The number of para-hydroxylation sites is 1. The number of furan rings is 1. The Hall–Kier alpha value is -3.71. The van der Waals surface area contributed by atoms with Gasteiger partial charge >= 0.3 is 0 Å². The molecule has 0 bridgehead atoms. The first-order valence-corrected chi connectivity index (χ1v) is 10.2. The average molecular weight is 417 g/mol. The molecule has 150 valence electrons. The smallest absolute Gasteiger partial charge is 0.268 e. The Morgan fingerprint density at radius 3 is 2.97 bits per heavy atom. The molecule has 4 aromatic rings. The molecule has 0 aliphatic carbocycles. The Labute approximate surface area is 177 Å². The van der Waals surface area contributed by atoms with Gasteiger partial charge in [-0.1, -0.05) is 30.4 Å². The fraction of sp³-hybridized carbons (Fsp3) is 0.0870. The number of allylic oxidation sites excluding steroid dienone is 1. The van der Waals surface area contributed by atoms with Crippen molar-refractivity contribution in [2.45, 2.75) is 13.5 Å². The number of anilines is 1. The average Bonchev–Trinajstić information content (AvgIpc) is 3.46. The summed E-state index contributed by atoms with van der Waals surface area (Å²) < 4.78 is 11.3. The molecule has 0 saturated carbocycles. The molecule has 0 saturated heterocycles. The Morgan fingerprint density at radius 1 is 1.23 bits per heavy atom. The van der Waals surface area contributed by atoms with Crippen LogP contribution in [0.1, 0.15) is 27.7 Å². The topological polar surface area (TPSA) is 77.2 Å². The van der Waals surface area contributed by atoms with Gasteiger partial charge in [0.25, 0.3) is 5.91 Å². The van der Waals surface area contributed by atoms with Gasteiger partial charge in [0.2, 0.25) is 5.95 Å². The minimum Gasteiger partial charge on any atom is -0.488 e. The number of ether oxygens (including phenoxy) is 1. The molecule has 6 nitrogen and oxygen atoms in total. The third kappa shape index (κ3) is 4.64. The van der Waals surface area contributed by atoms with Crippen molar-refractivity contribution in [3.8, 4) is 17.2 Å². The zero-order valence-electron chi connectivity index (χ0n) is 16.2. The minimum atomic E-state index is -0.267. The lowest BCUT2D eigenvalue weighted by Gasteiger charge is -2.08. The number of rotatable bonds is 7. The normalized spacial score (nSPS) is 11.0. The van der Waals surface area contributed by atoms with E-state index in [9.17, 15) is 4.79 Å². The van der Waals surface area contributed by atoms with Gasteiger partial charge in [0, 0.05) is 17.3 Å². The van der Waals surface area contributed by atoms with Crippen LogP contribution in [0.4, 0.5) is 5.95 Å². The van der Waals surface area contributed by atoms with Crippen molar-refractivity contribution >= 4 is 29.3 Å². The number of benzene rings is 1. The van der Waals surface area contributed by atoms with Crippen LogP contribution in [0.5, 0.6) is 5.75 Å². The van der Waals surface area contributed by atoms with E-state index in [1.165, 1.54) is 11.3 Å². The van der Waals surface area contributed by atoms with E-state index >= 15 is 0 Å². The SMILES string of the molecule is C/C=C/c1ccccc1OCc1csc(C(=O)Nc2nccc(-c3ccco3)n2)c1. The lowest BCUT2D eigenvalue weighted by molar-refractivity contribution is 0.102. The summed E-state index contributed by atoms with van der Waals surface area (Å²) in [5.41, 5.74) is 2.54. The van der Waals surface area contributed by atoms with Crippen molar-refractivity contribution in [1.29, 1.82) is 0 Å². The molecule has 0 aliphatic rings. The lowest BCUT2D eigenvalue weighted by atomic mass is 10.2. The number of hydrogen-bond donors (Lipinski definition) is 1. The lowest BCUT2D eigenvalue weighted by Crippen LogP contribution is -2.13. The summed E-state index contributed by atoms with van der Waals surface area (Å²) in [6.07, 6.45) is 7.12. The van der Waals surface area contributed by atoms with Crippen LogP contribution in [-0.4, -0.2) is 15.9 Å². The van der Waals surface area contributed by atoms with Gasteiger partial charge in [-0.25, -0.2) is 9.97 Å². The fourth-order valence-corrected chi connectivity index (χ4v) is 3.60. The molecular weight excluding hydrogens is 398 g/mol. The highest BCUT2D eigenvalue weighted by atomic mass is 32.1. The number of aromatic nitrogens is 2. The van der Waals surface area contributed by atoms with E-state index < -0.39 is 0 Å². The predicted molar refractivity (Wildman–Crippen MR) is 117 cm³/mol. The third-order valence-electron chi connectivity index (χ3n) is 4.19. The van der Waals surface area contributed by atoms with E-state index in [0.717, 1.165) is 16.9 Å². The molecule has 0 atom stereocenters. The van der Waals surface area contributed by atoms with Gasteiger partial charge in [-0.15, -0.1) is 11.3 Å². The standard InChI is InChI=1S/C23H19N3O3S/c1-2-6-17-7-3-4-8-19(17)29-14-16-13-21(30-15-16)22(27)26-23-24-11-10-18(25-23)20-9-5-12-28-20/h2-13,15H,14H2,1H3,(H,24,25,26,27)/b6-2+. The maximum Gasteiger partial charge on any atom is 0.268 e. The maximum absolute atomic E-state index is 12.6. The summed E-state index contributed by atoms with van der Waals surface area (Å²) in [5, 5.41) is 4.64. The predicted octanol–water partition coefficient (Wildman–Crippen LogP) is 5.66. The van der Waals surface area contributed by atoms with Crippen LogP contribution in [0.2, 0.25) is 0 Å². The molecule has 0 fully saturated rings. The molecule has 30 heavy (non-hydrogen) atoms. The molecule has 0 aliphatic heterocycles. The molecule has 1 amide bonds. The number of nitrogens with one attached hydrogen (secondary N) is 1. The monoisotopic (exact) mass is 417 g/mol. The summed E-state index contributed by atoms with van der Waals surface area (Å²) in [6.45, 7) is 2.34. The minimum absolute atomic E-state index is 0.223. The number of thiophene rings is 1.